The lowest BCUT2D eigenvalue weighted by Crippen LogP contribution is -2.29. The fourth-order valence-corrected chi connectivity index (χ4v) is 1.48. The molecule has 0 aromatic carbocycles. The summed E-state index contributed by atoms with van der Waals surface area (Å²) in [5.74, 6) is -0.195. The van der Waals surface area contributed by atoms with Crippen LogP contribution in [0.2, 0.25) is 0 Å². The van der Waals surface area contributed by atoms with Crippen molar-refractivity contribution < 1.29 is 18.7 Å². The predicted octanol–water partition coefficient (Wildman–Crippen LogP) is 1.29. The number of hydrogen-bond donors (Lipinski definition) is 0. The highest BCUT2D eigenvalue weighted by Crippen LogP contribution is 2.06. The Morgan fingerprint density at radius 3 is 2.82 bits per heavy atom. The zero-order valence-electron chi connectivity index (χ0n) is 10.3. The molecule has 0 saturated heterocycles. The van der Waals surface area contributed by atoms with Gasteiger partial charge in [-0.05, 0) is 6.07 Å². The summed E-state index contributed by atoms with van der Waals surface area (Å²) in [5.41, 5.74) is 1.09. The van der Waals surface area contributed by atoms with Crippen molar-refractivity contribution >= 4 is 5.97 Å². The maximum absolute atomic E-state index is 11.1. The van der Waals surface area contributed by atoms with Crippen molar-refractivity contribution in [1.82, 2.24) is 4.90 Å². The molecule has 5 heteroatoms. The van der Waals surface area contributed by atoms with Crippen molar-refractivity contribution in [2.75, 3.05) is 33.9 Å². The van der Waals surface area contributed by atoms with Gasteiger partial charge in [-0.1, -0.05) is 0 Å². The van der Waals surface area contributed by atoms with Crippen LogP contribution in [0.15, 0.2) is 23.0 Å². The second-order valence-corrected chi connectivity index (χ2v) is 3.73. The molecule has 0 spiro atoms. The number of ether oxygens (including phenoxy) is 2. The van der Waals surface area contributed by atoms with Gasteiger partial charge in [-0.3, -0.25) is 9.69 Å². The van der Waals surface area contributed by atoms with Crippen molar-refractivity contribution in [2.24, 2.45) is 0 Å². The van der Waals surface area contributed by atoms with Gasteiger partial charge in [0.25, 0.3) is 0 Å². The third-order valence-electron chi connectivity index (χ3n) is 2.46. The number of rotatable bonds is 8. The summed E-state index contributed by atoms with van der Waals surface area (Å²) in [6.07, 6.45) is 3.74. The normalized spacial score (nSPS) is 10.8. The summed E-state index contributed by atoms with van der Waals surface area (Å²) < 4.78 is 14.7. The summed E-state index contributed by atoms with van der Waals surface area (Å²) in [7, 11) is 3.06. The van der Waals surface area contributed by atoms with Crippen LogP contribution in [0.4, 0.5) is 0 Å². The quantitative estimate of drug-likeness (QED) is 0.642. The predicted molar refractivity (Wildman–Crippen MR) is 62.5 cm³/mol. The van der Waals surface area contributed by atoms with Crippen LogP contribution in [0.1, 0.15) is 12.0 Å². The molecule has 1 aromatic rings. The minimum absolute atomic E-state index is 0.195. The Hall–Kier alpha value is -1.33. The number of hydrogen-bond acceptors (Lipinski definition) is 5. The van der Waals surface area contributed by atoms with Crippen LogP contribution >= 0.6 is 0 Å². The minimum Gasteiger partial charge on any atom is -0.472 e. The molecule has 0 atom stereocenters. The SMILES string of the molecule is COCCN(CCC(=O)OC)Cc1ccoc1. The molecule has 0 fully saturated rings. The van der Waals surface area contributed by atoms with Crippen LogP contribution in [-0.4, -0.2) is 44.8 Å². The van der Waals surface area contributed by atoms with Crippen molar-refractivity contribution in [3.8, 4) is 0 Å². The van der Waals surface area contributed by atoms with Gasteiger partial charge in [-0.2, -0.15) is 0 Å². The van der Waals surface area contributed by atoms with Gasteiger partial charge in [0.1, 0.15) is 0 Å². The van der Waals surface area contributed by atoms with Crippen LogP contribution in [0.25, 0.3) is 0 Å². The maximum atomic E-state index is 11.1. The largest absolute Gasteiger partial charge is 0.472 e. The number of nitrogens with zero attached hydrogens (tertiary/aromatic N) is 1. The molecule has 17 heavy (non-hydrogen) atoms. The molecule has 96 valence electrons. The Bertz CT molecular complexity index is 310. The van der Waals surface area contributed by atoms with Gasteiger partial charge in [0.15, 0.2) is 0 Å². The fourth-order valence-electron chi connectivity index (χ4n) is 1.48. The zero-order valence-corrected chi connectivity index (χ0v) is 10.3. The van der Waals surface area contributed by atoms with Crippen molar-refractivity contribution in [2.45, 2.75) is 13.0 Å². The average Bonchev–Trinajstić information content (AvgIpc) is 2.84. The first kappa shape index (κ1) is 13.7. The lowest BCUT2D eigenvalue weighted by atomic mass is 10.3. The van der Waals surface area contributed by atoms with Crippen LogP contribution in [0.5, 0.6) is 0 Å². The van der Waals surface area contributed by atoms with Gasteiger partial charge in [0, 0.05) is 32.3 Å². The van der Waals surface area contributed by atoms with E-state index in [9.17, 15) is 4.79 Å². The molecule has 0 amide bonds. The van der Waals surface area contributed by atoms with E-state index in [1.807, 2.05) is 6.07 Å². The maximum Gasteiger partial charge on any atom is 0.306 e. The van der Waals surface area contributed by atoms with E-state index < -0.39 is 0 Å². The zero-order chi connectivity index (χ0) is 12.5. The lowest BCUT2D eigenvalue weighted by molar-refractivity contribution is -0.141. The van der Waals surface area contributed by atoms with Crippen LogP contribution in [-0.2, 0) is 20.8 Å². The van der Waals surface area contributed by atoms with Gasteiger partial charge in [-0.25, -0.2) is 0 Å². The van der Waals surface area contributed by atoms with E-state index in [0.717, 1.165) is 18.7 Å². The van der Waals surface area contributed by atoms with Gasteiger partial charge >= 0.3 is 5.97 Å². The van der Waals surface area contributed by atoms with E-state index in [1.54, 1.807) is 19.6 Å². The second-order valence-electron chi connectivity index (χ2n) is 3.73. The highest BCUT2D eigenvalue weighted by Gasteiger charge is 2.09. The van der Waals surface area contributed by atoms with E-state index in [1.165, 1.54) is 7.11 Å². The molecule has 0 aliphatic heterocycles. The number of carbonyl (C=O) groups excluding carboxylic acids is 1. The highest BCUT2D eigenvalue weighted by molar-refractivity contribution is 5.69. The first-order valence-electron chi connectivity index (χ1n) is 5.55. The summed E-state index contributed by atoms with van der Waals surface area (Å²) in [5, 5.41) is 0. The Labute approximate surface area is 101 Å². The third kappa shape index (κ3) is 5.51. The summed E-state index contributed by atoms with van der Waals surface area (Å²) in [6, 6.07) is 1.91. The highest BCUT2D eigenvalue weighted by atomic mass is 16.5. The Morgan fingerprint density at radius 2 is 2.24 bits per heavy atom. The molecule has 5 nitrogen and oxygen atoms in total. The van der Waals surface area contributed by atoms with Crippen molar-refractivity contribution in [1.29, 1.82) is 0 Å². The van der Waals surface area contributed by atoms with Gasteiger partial charge in [0.2, 0.25) is 0 Å². The topological polar surface area (TPSA) is 51.9 Å². The Morgan fingerprint density at radius 1 is 1.41 bits per heavy atom. The molecule has 0 unspecified atom stereocenters. The number of methoxy groups -OCH3 is 2. The standard InChI is InChI=1S/C12H19NO4/c1-15-8-6-13(5-3-12(14)16-2)9-11-4-7-17-10-11/h4,7,10H,3,5-6,8-9H2,1-2H3. The van der Waals surface area contributed by atoms with E-state index in [-0.39, 0.29) is 5.97 Å². The monoisotopic (exact) mass is 241 g/mol. The van der Waals surface area contributed by atoms with E-state index >= 15 is 0 Å². The molecule has 1 heterocycles. The summed E-state index contributed by atoms with van der Waals surface area (Å²) >= 11 is 0. The lowest BCUT2D eigenvalue weighted by Gasteiger charge is -2.20. The smallest absolute Gasteiger partial charge is 0.306 e. The molecule has 1 aromatic heterocycles. The van der Waals surface area contributed by atoms with Crippen molar-refractivity contribution in [3.63, 3.8) is 0 Å². The first-order chi connectivity index (χ1) is 8.26. The molecular weight excluding hydrogens is 222 g/mol. The third-order valence-corrected chi connectivity index (χ3v) is 2.46. The molecule has 0 aliphatic rings. The molecule has 0 N–H and O–H groups in total. The fraction of sp³-hybridized carbons (Fsp3) is 0.583. The van der Waals surface area contributed by atoms with Gasteiger partial charge in [-0.15, -0.1) is 0 Å². The molecular formula is C12H19NO4. The van der Waals surface area contributed by atoms with Gasteiger partial charge < -0.3 is 13.9 Å². The first-order valence-corrected chi connectivity index (χ1v) is 5.55. The van der Waals surface area contributed by atoms with E-state index in [2.05, 4.69) is 9.64 Å². The van der Waals surface area contributed by atoms with E-state index in [0.29, 0.717) is 19.6 Å². The average molecular weight is 241 g/mol. The molecule has 0 radical (unpaired) electrons. The Kier molecular flexibility index (Phi) is 6.35. The number of esters is 1. The summed E-state index contributed by atoms with van der Waals surface area (Å²) in [6.45, 7) is 2.82. The number of furan rings is 1. The van der Waals surface area contributed by atoms with Crippen LogP contribution in [0, 0.1) is 0 Å². The Balaban J connectivity index is 2.39. The van der Waals surface area contributed by atoms with Crippen LogP contribution < -0.4 is 0 Å². The second kappa shape index (κ2) is 7.86. The molecule has 0 aliphatic carbocycles. The van der Waals surface area contributed by atoms with Gasteiger partial charge in [0.05, 0.1) is 32.7 Å². The summed E-state index contributed by atoms with van der Waals surface area (Å²) in [4.78, 5) is 13.2. The van der Waals surface area contributed by atoms with Crippen molar-refractivity contribution in [3.05, 3.63) is 24.2 Å². The molecule has 0 saturated carbocycles. The minimum atomic E-state index is -0.195. The number of carbonyl (C=O) groups is 1. The molecule has 0 bridgehead atoms. The molecule has 1 rings (SSSR count). The van der Waals surface area contributed by atoms with Crippen LogP contribution in [0.3, 0.4) is 0 Å². The van der Waals surface area contributed by atoms with E-state index in [4.69, 9.17) is 9.15 Å².